The maximum Gasteiger partial charge on any atom is 0.133 e. The van der Waals surface area contributed by atoms with Gasteiger partial charge in [-0.2, -0.15) is 0 Å². The smallest absolute Gasteiger partial charge is 0.133 e. The molecule has 1 heterocycles. The number of aryl methyl sites for hydroxylation is 2. The fourth-order valence-electron chi connectivity index (χ4n) is 4.10. The van der Waals surface area contributed by atoms with Crippen LogP contribution in [0, 0.1) is 6.92 Å². The molecule has 2 heteroatoms. The molecule has 132 valence electrons. The molecule has 5 rings (SSSR count). The Hall–Kier alpha value is -3.13. The zero-order valence-electron chi connectivity index (χ0n) is 15.4. The molecule has 0 saturated carbocycles. The van der Waals surface area contributed by atoms with Crippen molar-refractivity contribution in [2.24, 2.45) is 4.99 Å². The second kappa shape index (κ2) is 6.55. The third kappa shape index (κ3) is 2.87. The fraction of sp³-hybridized carbons (Fsp3) is 0.160. The minimum atomic E-state index is 0.0745. The van der Waals surface area contributed by atoms with Gasteiger partial charge in [-0.1, -0.05) is 84.4 Å². The highest BCUT2D eigenvalue weighted by Crippen LogP contribution is 2.41. The molecule has 1 unspecified atom stereocenters. The normalized spacial score (nSPS) is 18.3. The monoisotopic (exact) mass is 350 g/mol. The molecule has 0 amide bonds. The molecule has 0 aromatic heterocycles. The van der Waals surface area contributed by atoms with Gasteiger partial charge in [0, 0.05) is 16.8 Å². The Morgan fingerprint density at radius 1 is 0.815 bits per heavy atom. The summed E-state index contributed by atoms with van der Waals surface area (Å²) in [6.07, 6.45) is 2.12. The molecule has 0 saturated heterocycles. The molecule has 3 aromatic rings. The highest BCUT2D eigenvalue weighted by atomic mass is 15.1. The Morgan fingerprint density at radius 3 is 2.37 bits per heavy atom. The Labute approximate surface area is 160 Å². The van der Waals surface area contributed by atoms with E-state index in [9.17, 15) is 0 Å². The molecule has 0 radical (unpaired) electrons. The van der Waals surface area contributed by atoms with Gasteiger partial charge in [-0.3, -0.25) is 4.99 Å². The molecular formula is C25H22N2. The summed E-state index contributed by atoms with van der Waals surface area (Å²) < 4.78 is 0. The van der Waals surface area contributed by atoms with Gasteiger partial charge in [-0.25, -0.2) is 0 Å². The summed E-state index contributed by atoms with van der Waals surface area (Å²) in [4.78, 5) is 5.16. The standard InChI is InChI=1S/C25H22N2/c1-17-11-13-19(14-12-17)23-22-16-15-18-7-5-6-10-21(18)24(22)27-25(26-23)20-8-3-2-4-9-20/h2-14,23H,15-16H2,1H3,(H,26,27). The molecule has 27 heavy (non-hydrogen) atoms. The van der Waals surface area contributed by atoms with E-state index in [1.807, 2.05) is 6.07 Å². The maximum absolute atomic E-state index is 5.16. The Balaban J connectivity index is 1.67. The first-order valence-electron chi connectivity index (χ1n) is 9.58. The lowest BCUT2D eigenvalue weighted by molar-refractivity contribution is 0.737. The first kappa shape index (κ1) is 16.1. The van der Waals surface area contributed by atoms with Crippen molar-refractivity contribution >= 4 is 11.5 Å². The van der Waals surface area contributed by atoms with Crippen LogP contribution in [-0.4, -0.2) is 5.84 Å². The first-order chi connectivity index (χ1) is 13.3. The number of nitrogens with zero attached hydrogens (tertiary/aromatic N) is 1. The van der Waals surface area contributed by atoms with E-state index in [1.54, 1.807) is 0 Å². The molecule has 2 nitrogen and oxygen atoms in total. The maximum atomic E-state index is 5.16. The Kier molecular flexibility index (Phi) is 3.90. The number of fused-ring (bicyclic) bond motifs is 2. The van der Waals surface area contributed by atoms with Crippen LogP contribution < -0.4 is 5.32 Å². The van der Waals surface area contributed by atoms with Crippen molar-refractivity contribution in [3.8, 4) is 0 Å². The Morgan fingerprint density at radius 2 is 1.56 bits per heavy atom. The lowest BCUT2D eigenvalue weighted by Crippen LogP contribution is -2.32. The lowest BCUT2D eigenvalue weighted by atomic mass is 9.82. The van der Waals surface area contributed by atoms with Gasteiger partial charge in [0.05, 0.1) is 0 Å². The van der Waals surface area contributed by atoms with Crippen molar-refractivity contribution in [2.75, 3.05) is 0 Å². The van der Waals surface area contributed by atoms with E-state index in [2.05, 4.69) is 85.0 Å². The SMILES string of the molecule is Cc1ccc(C2N=C(c3ccccc3)NC3=C2CCc2ccccc23)cc1. The molecule has 3 aromatic carbocycles. The van der Waals surface area contributed by atoms with Crippen LogP contribution in [0.3, 0.4) is 0 Å². The topological polar surface area (TPSA) is 24.4 Å². The van der Waals surface area contributed by atoms with Gasteiger partial charge in [-0.15, -0.1) is 0 Å². The predicted molar refractivity (Wildman–Crippen MR) is 112 cm³/mol. The van der Waals surface area contributed by atoms with Crippen LogP contribution in [0.25, 0.3) is 5.70 Å². The predicted octanol–water partition coefficient (Wildman–Crippen LogP) is 5.44. The van der Waals surface area contributed by atoms with E-state index in [0.29, 0.717) is 0 Å². The molecule has 1 atom stereocenters. The van der Waals surface area contributed by atoms with Crippen molar-refractivity contribution < 1.29 is 0 Å². The van der Waals surface area contributed by atoms with E-state index in [-0.39, 0.29) is 6.04 Å². The zero-order valence-corrected chi connectivity index (χ0v) is 15.4. The Bertz CT molecular complexity index is 1040. The second-order valence-corrected chi connectivity index (χ2v) is 7.34. The molecule has 0 spiro atoms. The summed E-state index contributed by atoms with van der Waals surface area (Å²) >= 11 is 0. The van der Waals surface area contributed by atoms with Gasteiger partial charge < -0.3 is 5.32 Å². The summed E-state index contributed by atoms with van der Waals surface area (Å²) in [5.41, 5.74) is 9.06. The van der Waals surface area contributed by atoms with Crippen LogP contribution in [0.5, 0.6) is 0 Å². The quantitative estimate of drug-likeness (QED) is 0.653. The number of hydrogen-bond donors (Lipinski definition) is 1. The van der Waals surface area contributed by atoms with Crippen LogP contribution in [0.15, 0.2) is 89.4 Å². The van der Waals surface area contributed by atoms with Crippen LogP contribution >= 0.6 is 0 Å². The number of amidine groups is 1. The van der Waals surface area contributed by atoms with Gasteiger partial charge in [-0.05, 0) is 36.5 Å². The number of rotatable bonds is 2. The summed E-state index contributed by atoms with van der Waals surface area (Å²) in [6, 6.07) is 28.1. The molecule has 0 bridgehead atoms. The fourth-order valence-corrected chi connectivity index (χ4v) is 4.10. The number of hydrogen-bond acceptors (Lipinski definition) is 2. The zero-order chi connectivity index (χ0) is 18.2. The van der Waals surface area contributed by atoms with Gasteiger partial charge in [0.15, 0.2) is 0 Å². The number of nitrogens with one attached hydrogen (secondary N) is 1. The lowest BCUT2D eigenvalue weighted by Gasteiger charge is -2.33. The van der Waals surface area contributed by atoms with E-state index in [0.717, 1.165) is 24.2 Å². The average molecular weight is 350 g/mol. The number of aliphatic imine (C=N–C) groups is 1. The largest absolute Gasteiger partial charge is 0.339 e. The minimum absolute atomic E-state index is 0.0745. The minimum Gasteiger partial charge on any atom is -0.339 e. The summed E-state index contributed by atoms with van der Waals surface area (Å²) in [5.74, 6) is 0.955. The second-order valence-electron chi connectivity index (χ2n) is 7.34. The molecule has 1 aliphatic carbocycles. The van der Waals surface area contributed by atoms with Crippen LogP contribution in [0.1, 0.15) is 40.3 Å². The third-order valence-corrected chi connectivity index (χ3v) is 5.54. The van der Waals surface area contributed by atoms with Crippen LogP contribution in [0.2, 0.25) is 0 Å². The third-order valence-electron chi connectivity index (χ3n) is 5.54. The highest BCUT2D eigenvalue weighted by Gasteiger charge is 2.30. The van der Waals surface area contributed by atoms with Crippen LogP contribution in [-0.2, 0) is 6.42 Å². The van der Waals surface area contributed by atoms with Crippen molar-refractivity contribution in [1.82, 2.24) is 5.32 Å². The van der Waals surface area contributed by atoms with Crippen LogP contribution in [0.4, 0.5) is 0 Å². The van der Waals surface area contributed by atoms with Gasteiger partial charge in [0.1, 0.15) is 11.9 Å². The average Bonchev–Trinajstić information content (AvgIpc) is 2.74. The van der Waals surface area contributed by atoms with Crippen molar-refractivity contribution in [2.45, 2.75) is 25.8 Å². The summed E-state index contributed by atoms with van der Waals surface area (Å²) in [7, 11) is 0. The van der Waals surface area contributed by atoms with E-state index in [1.165, 1.54) is 33.5 Å². The van der Waals surface area contributed by atoms with E-state index >= 15 is 0 Å². The molecular weight excluding hydrogens is 328 g/mol. The molecule has 2 aliphatic rings. The van der Waals surface area contributed by atoms with E-state index < -0.39 is 0 Å². The molecule has 1 N–H and O–H groups in total. The first-order valence-corrected chi connectivity index (χ1v) is 9.58. The highest BCUT2D eigenvalue weighted by molar-refractivity contribution is 6.05. The van der Waals surface area contributed by atoms with Gasteiger partial charge in [0.25, 0.3) is 0 Å². The van der Waals surface area contributed by atoms with Crippen molar-refractivity contribution in [1.29, 1.82) is 0 Å². The van der Waals surface area contributed by atoms with Crippen molar-refractivity contribution in [3.05, 3.63) is 112 Å². The van der Waals surface area contributed by atoms with Gasteiger partial charge in [0.2, 0.25) is 0 Å². The summed E-state index contributed by atoms with van der Waals surface area (Å²) in [5, 5.41) is 3.67. The summed E-state index contributed by atoms with van der Waals surface area (Å²) in [6.45, 7) is 2.13. The van der Waals surface area contributed by atoms with Gasteiger partial charge >= 0.3 is 0 Å². The van der Waals surface area contributed by atoms with Crippen molar-refractivity contribution in [3.63, 3.8) is 0 Å². The van der Waals surface area contributed by atoms with E-state index in [4.69, 9.17) is 4.99 Å². The molecule has 1 aliphatic heterocycles. The number of benzene rings is 3. The molecule has 0 fully saturated rings.